The molecule has 128 valence electrons. The Labute approximate surface area is 148 Å². The monoisotopic (exact) mass is 335 g/mol. The molecule has 0 unspecified atom stereocenters. The van der Waals surface area contributed by atoms with Crippen LogP contribution >= 0.6 is 0 Å². The maximum absolute atomic E-state index is 11.6. The first-order chi connectivity index (χ1) is 12.2. The van der Waals surface area contributed by atoms with Gasteiger partial charge in [-0.15, -0.1) is 0 Å². The summed E-state index contributed by atoms with van der Waals surface area (Å²) >= 11 is 0. The van der Waals surface area contributed by atoms with E-state index in [0.29, 0.717) is 6.61 Å². The van der Waals surface area contributed by atoms with Crippen molar-refractivity contribution in [3.63, 3.8) is 0 Å². The van der Waals surface area contributed by atoms with E-state index in [1.54, 1.807) is 6.92 Å². The maximum Gasteiger partial charge on any atom is 0.348 e. The van der Waals surface area contributed by atoms with Crippen molar-refractivity contribution in [1.82, 2.24) is 0 Å². The predicted octanol–water partition coefficient (Wildman–Crippen LogP) is 4.17. The number of ether oxygens (including phenoxy) is 2. The fourth-order valence-corrected chi connectivity index (χ4v) is 2.28. The van der Waals surface area contributed by atoms with Crippen LogP contribution in [0.3, 0.4) is 0 Å². The van der Waals surface area contributed by atoms with Crippen molar-refractivity contribution >= 4 is 12.0 Å². The van der Waals surface area contributed by atoms with Gasteiger partial charge in [0.05, 0.1) is 13.2 Å². The average Bonchev–Trinajstić information content (AvgIpc) is 2.65. The van der Waals surface area contributed by atoms with E-state index < -0.39 is 5.97 Å². The molecule has 0 aliphatic carbocycles. The zero-order chi connectivity index (χ0) is 17.9. The molecule has 0 amide bonds. The Hall–Kier alpha value is -3.06. The maximum atomic E-state index is 11.6. The number of hydrogen-bond acceptors (Lipinski definition) is 4. The lowest BCUT2D eigenvalue weighted by Gasteiger charge is -2.07. The quantitative estimate of drug-likeness (QED) is 0.314. The standard InChI is InChI=1S/C21H21NO3/c1-2-24-21(23)19(16-22)15-18-10-12-20(13-11-18)25-14-6-9-17-7-4-3-5-8-17/h3-5,7-8,10-13,15H,2,6,9,14H2,1H3/b19-15+. The van der Waals surface area contributed by atoms with Crippen LogP contribution in [0.5, 0.6) is 5.75 Å². The van der Waals surface area contributed by atoms with Crippen molar-refractivity contribution < 1.29 is 14.3 Å². The molecular formula is C21H21NO3. The van der Waals surface area contributed by atoms with E-state index in [1.165, 1.54) is 11.6 Å². The Balaban J connectivity index is 1.85. The van der Waals surface area contributed by atoms with E-state index in [-0.39, 0.29) is 12.2 Å². The Morgan fingerprint density at radius 2 is 1.84 bits per heavy atom. The summed E-state index contributed by atoms with van der Waals surface area (Å²) in [5.74, 6) is 0.158. The molecule has 0 heterocycles. The molecule has 0 bridgehead atoms. The number of nitriles is 1. The van der Waals surface area contributed by atoms with Crippen LogP contribution in [0.1, 0.15) is 24.5 Å². The fourth-order valence-electron chi connectivity index (χ4n) is 2.28. The van der Waals surface area contributed by atoms with Crippen molar-refractivity contribution in [2.24, 2.45) is 0 Å². The molecule has 0 spiro atoms. The summed E-state index contributed by atoms with van der Waals surface area (Å²) in [5.41, 5.74) is 2.04. The first-order valence-electron chi connectivity index (χ1n) is 8.28. The molecule has 0 aromatic heterocycles. The lowest BCUT2D eigenvalue weighted by molar-refractivity contribution is -0.137. The summed E-state index contributed by atoms with van der Waals surface area (Å²) < 4.78 is 10.6. The zero-order valence-corrected chi connectivity index (χ0v) is 14.3. The lowest BCUT2D eigenvalue weighted by atomic mass is 10.1. The van der Waals surface area contributed by atoms with Gasteiger partial charge < -0.3 is 9.47 Å². The molecule has 2 rings (SSSR count). The summed E-state index contributed by atoms with van der Waals surface area (Å²) in [7, 11) is 0. The first kappa shape index (κ1) is 18.3. The van der Waals surface area contributed by atoms with Gasteiger partial charge >= 0.3 is 5.97 Å². The van der Waals surface area contributed by atoms with Gasteiger partial charge in [-0.25, -0.2) is 4.79 Å². The van der Waals surface area contributed by atoms with Crippen LogP contribution in [-0.2, 0) is 16.0 Å². The molecule has 0 N–H and O–H groups in total. The average molecular weight is 335 g/mol. The van der Waals surface area contributed by atoms with Crippen molar-refractivity contribution in [3.05, 3.63) is 71.3 Å². The van der Waals surface area contributed by atoms with Crippen LogP contribution in [0.4, 0.5) is 0 Å². The molecular weight excluding hydrogens is 314 g/mol. The second-order valence-electron chi connectivity index (χ2n) is 5.40. The number of carbonyl (C=O) groups excluding carboxylic acids is 1. The third-order valence-corrected chi connectivity index (χ3v) is 3.53. The van der Waals surface area contributed by atoms with Gasteiger partial charge in [0.1, 0.15) is 17.4 Å². The Bertz CT molecular complexity index is 743. The molecule has 0 radical (unpaired) electrons. The van der Waals surface area contributed by atoms with Crippen LogP contribution in [0.15, 0.2) is 60.2 Å². The van der Waals surface area contributed by atoms with Gasteiger partial charge in [-0.3, -0.25) is 0 Å². The molecule has 0 saturated heterocycles. The van der Waals surface area contributed by atoms with E-state index in [9.17, 15) is 4.79 Å². The number of rotatable bonds is 8. The van der Waals surface area contributed by atoms with Crippen LogP contribution in [0.25, 0.3) is 6.08 Å². The topological polar surface area (TPSA) is 59.3 Å². The molecule has 4 nitrogen and oxygen atoms in total. The smallest absolute Gasteiger partial charge is 0.348 e. The Morgan fingerprint density at radius 1 is 1.12 bits per heavy atom. The van der Waals surface area contributed by atoms with Gasteiger partial charge in [-0.05, 0) is 49.1 Å². The van der Waals surface area contributed by atoms with Gasteiger partial charge in [-0.1, -0.05) is 42.5 Å². The zero-order valence-electron chi connectivity index (χ0n) is 14.3. The van der Waals surface area contributed by atoms with Gasteiger partial charge in [-0.2, -0.15) is 5.26 Å². The highest BCUT2D eigenvalue weighted by atomic mass is 16.5. The highest BCUT2D eigenvalue weighted by Gasteiger charge is 2.09. The Kier molecular flexibility index (Phi) is 7.27. The minimum Gasteiger partial charge on any atom is -0.494 e. The summed E-state index contributed by atoms with van der Waals surface area (Å²) in [6.07, 6.45) is 3.43. The number of nitrogens with zero attached hydrogens (tertiary/aromatic N) is 1. The number of esters is 1. The van der Waals surface area contributed by atoms with Gasteiger partial charge in [0.15, 0.2) is 0 Å². The third kappa shape index (κ3) is 6.15. The van der Waals surface area contributed by atoms with Crippen molar-refractivity contribution in [2.45, 2.75) is 19.8 Å². The summed E-state index contributed by atoms with van der Waals surface area (Å²) in [5, 5.41) is 9.03. The lowest BCUT2D eigenvalue weighted by Crippen LogP contribution is -2.05. The van der Waals surface area contributed by atoms with Gasteiger partial charge in [0.2, 0.25) is 0 Å². The molecule has 2 aromatic carbocycles. The fraction of sp³-hybridized carbons (Fsp3) is 0.238. The number of aryl methyl sites for hydroxylation is 1. The molecule has 0 aliphatic heterocycles. The van der Waals surface area contributed by atoms with Crippen LogP contribution in [-0.4, -0.2) is 19.2 Å². The van der Waals surface area contributed by atoms with Crippen molar-refractivity contribution in [3.8, 4) is 11.8 Å². The predicted molar refractivity (Wildman–Crippen MR) is 96.9 cm³/mol. The molecule has 0 saturated carbocycles. The molecule has 2 aromatic rings. The van der Waals surface area contributed by atoms with E-state index in [1.807, 2.05) is 48.5 Å². The second-order valence-corrected chi connectivity index (χ2v) is 5.40. The minimum atomic E-state index is -0.605. The van der Waals surface area contributed by atoms with Crippen LogP contribution < -0.4 is 4.74 Å². The SMILES string of the molecule is CCOC(=O)/C(C#N)=C/c1ccc(OCCCc2ccccc2)cc1. The highest BCUT2D eigenvalue weighted by Crippen LogP contribution is 2.15. The minimum absolute atomic E-state index is 0.0154. The van der Waals surface area contributed by atoms with Crippen molar-refractivity contribution in [2.75, 3.05) is 13.2 Å². The summed E-state index contributed by atoms with van der Waals surface area (Å²) in [6, 6.07) is 19.4. The number of carbonyl (C=O) groups is 1. The number of hydrogen-bond donors (Lipinski definition) is 0. The normalized spacial score (nSPS) is 10.8. The summed E-state index contributed by atoms with van der Waals surface area (Å²) in [4.78, 5) is 11.6. The molecule has 4 heteroatoms. The largest absolute Gasteiger partial charge is 0.494 e. The van der Waals surface area contributed by atoms with E-state index >= 15 is 0 Å². The summed E-state index contributed by atoms with van der Waals surface area (Å²) in [6.45, 7) is 2.58. The van der Waals surface area contributed by atoms with Gasteiger partial charge in [0, 0.05) is 0 Å². The van der Waals surface area contributed by atoms with E-state index in [0.717, 1.165) is 24.2 Å². The highest BCUT2D eigenvalue weighted by molar-refractivity contribution is 5.97. The molecule has 0 aliphatic rings. The molecule has 0 fully saturated rings. The molecule has 25 heavy (non-hydrogen) atoms. The van der Waals surface area contributed by atoms with Crippen LogP contribution in [0.2, 0.25) is 0 Å². The third-order valence-electron chi connectivity index (χ3n) is 3.53. The van der Waals surface area contributed by atoms with E-state index in [2.05, 4.69) is 12.1 Å². The molecule has 0 atom stereocenters. The second kappa shape index (κ2) is 9.94. The number of benzene rings is 2. The van der Waals surface area contributed by atoms with Crippen molar-refractivity contribution in [1.29, 1.82) is 5.26 Å². The van der Waals surface area contributed by atoms with Crippen LogP contribution in [0, 0.1) is 11.3 Å². The van der Waals surface area contributed by atoms with Gasteiger partial charge in [0.25, 0.3) is 0 Å². The van der Waals surface area contributed by atoms with E-state index in [4.69, 9.17) is 14.7 Å². The Morgan fingerprint density at radius 3 is 2.48 bits per heavy atom. The first-order valence-corrected chi connectivity index (χ1v) is 8.28.